The van der Waals surface area contributed by atoms with E-state index in [0.717, 1.165) is 25.1 Å². The number of nitrogens with zero attached hydrogens (tertiary/aromatic N) is 1. The molecule has 0 bridgehead atoms. The standard InChI is InChI=1S/C13H16ClNO2/c1-15-7-6-9(8-15)12(13(16)17)10-4-2-3-5-11(10)14/h2-5,9,12H,6-8H2,1H3,(H,16,17). The highest BCUT2D eigenvalue weighted by Gasteiger charge is 2.34. The number of carboxylic acid groups (broad SMARTS) is 1. The largest absolute Gasteiger partial charge is 0.481 e. The maximum atomic E-state index is 11.5. The molecule has 1 saturated heterocycles. The number of carboxylic acids is 1. The third-order valence-corrected chi connectivity index (χ3v) is 3.75. The van der Waals surface area contributed by atoms with Crippen molar-refractivity contribution in [2.75, 3.05) is 20.1 Å². The lowest BCUT2D eigenvalue weighted by Crippen LogP contribution is -2.24. The van der Waals surface area contributed by atoms with Crippen molar-refractivity contribution in [1.82, 2.24) is 4.90 Å². The first kappa shape index (κ1) is 12.4. The molecule has 2 atom stereocenters. The van der Waals surface area contributed by atoms with Crippen molar-refractivity contribution in [1.29, 1.82) is 0 Å². The van der Waals surface area contributed by atoms with Crippen LogP contribution in [0.1, 0.15) is 17.9 Å². The molecule has 4 heteroatoms. The van der Waals surface area contributed by atoms with Crippen LogP contribution >= 0.6 is 11.6 Å². The van der Waals surface area contributed by atoms with Crippen molar-refractivity contribution < 1.29 is 9.90 Å². The molecule has 1 heterocycles. The molecule has 1 fully saturated rings. The fourth-order valence-corrected chi connectivity index (χ4v) is 2.81. The fourth-order valence-electron chi connectivity index (χ4n) is 2.56. The Morgan fingerprint density at radius 3 is 2.76 bits per heavy atom. The van der Waals surface area contributed by atoms with E-state index in [2.05, 4.69) is 4.90 Å². The number of halogens is 1. The fraction of sp³-hybridized carbons (Fsp3) is 0.462. The van der Waals surface area contributed by atoms with Gasteiger partial charge >= 0.3 is 5.97 Å². The normalized spacial score (nSPS) is 22.6. The Bertz CT molecular complexity index is 422. The molecule has 0 amide bonds. The molecule has 0 radical (unpaired) electrons. The summed E-state index contributed by atoms with van der Waals surface area (Å²) in [5, 5.41) is 9.97. The van der Waals surface area contributed by atoms with Gasteiger partial charge in [0.25, 0.3) is 0 Å². The number of rotatable bonds is 3. The highest BCUT2D eigenvalue weighted by atomic mass is 35.5. The number of aliphatic carboxylic acids is 1. The van der Waals surface area contributed by atoms with Crippen molar-refractivity contribution in [3.05, 3.63) is 34.9 Å². The minimum Gasteiger partial charge on any atom is -0.481 e. The predicted molar refractivity (Wildman–Crippen MR) is 67.4 cm³/mol. The van der Waals surface area contributed by atoms with E-state index in [1.165, 1.54) is 0 Å². The second-order valence-corrected chi connectivity index (χ2v) is 5.06. The van der Waals surface area contributed by atoms with Crippen LogP contribution in [0.15, 0.2) is 24.3 Å². The maximum absolute atomic E-state index is 11.5. The summed E-state index contributed by atoms with van der Waals surface area (Å²) < 4.78 is 0. The molecule has 2 rings (SSSR count). The number of carbonyl (C=O) groups is 1. The Morgan fingerprint density at radius 2 is 2.24 bits per heavy atom. The summed E-state index contributed by atoms with van der Waals surface area (Å²) in [5.41, 5.74) is 0.738. The number of hydrogen-bond acceptors (Lipinski definition) is 2. The molecule has 0 aromatic heterocycles. The molecule has 1 aromatic rings. The summed E-state index contributed by atoms with van der Waals surface area (Å²) in [6.45, 7) is 1.78. The third kappa shape index (κ3) is 2.61. The molecule has 1 N–H and O–H groups in total. The Kier molecular flexibility index (Phi) is 3.69. The lowest BCUT2D eigenvalue weighted by molar-refractivity contribution is -0.140. The minimum absolute atomic E-state index is 0.150. The zero-order valence-electron chi connectivity index (χ0n) is 9.77. The van der Waals surface area contributed by atoms with Gasteiger partial charge in [-0.3, -0.25) is 4.79 Å². The number of benzene rings is 1. The predicted octanol–water partition coefficient (Wildman–Crippen LogP) is 2.46. The first-order chi connectivity index (χ1) is 8.09. The van der Waals surface area contributed by atoms with Gasteiger partial charge in [-0.1, -0.05) is 29.8 Å². The van der Waals surface area contributed by atoms with Crippen LogP contribution in [-0.2, 0) is 4.79 Å². The summed E-state index contributed by atoms with van der Waals surface area (Å²) in [6.07, 6.45) is 0.915. The molecule has 17 heavy (non-hydrogen) atoms. The van der Waals surface area contributed by atoms with Crippen LogP contribution in [0.2, 0.25) is 5.02 Å². The summed E-state index contributed by atoms with van der Waals surface area (Å²) in [4.78, 5) is 13.6. The third-order valence-electron chi connectivity index (χ3n) is 3.41. The smallest absolute Gasteiger partial charge is 0.311 e. The maximum Gasteiger partial charge on any atom is 0.311 e. The number of hydrogen-bond donors (Lipinski definition) is 1. The Hall–Kier alpha value is -1.06. The van der Waals surface area contributed by atoms with Gasteiger partial charge in [0.1, 0.15) is 0 Å². The minimum atomic E-state index is -0.779. The van der Waals surface area contributed by atoms with Crippen LogP contribution in [0.3, 0.4) is 0 Å². The van der Waals surface area contributed by atoms with Gasteiger partial charge in [-0.25, -0.2) is 0 Å². The van der Waals surface area contributed by atoms with Crippen LogP contribution in [0.25, 0.3) is 0 Å². The first-order valence-corrected chi connectivity index (χ1v) is 6.13. The lowest BCUT2D eigenvalue weighted by atomic mass is 9.85. The first-order valence-electron chi connectivity index (χ1n) is 5.75. The lowest BCUT2D eigenvalue weighted by Gasteiger charge is -2.20. The summed E-state index contributed by atoms with van der Waals surface area (Å²) in [6, 6.07) is 7.24. The summed E-state index contributed by atoms with van der Waals surface area (Å²) in [7, 11) is 2.02. The Labute approximate surface area is 106 Å². The Morgan fingerprint density at radius 1 is 1.53 bits per heavy atom. The summed E-state index contributed by atoms with van der Waals surface area (Å²) in [5.74, 6) is -1.12. The van der Waals surface area contributed by atoms with E-state index in [4.69, 9.17) is 11.6 Å². The molecule has 0 aliphatic carbocycles. The zero-order valence-corrected chi connectivity index (χ0v) is 10.5. The summed E-state index contributed by atoms with van der Waals surface area (Å²) >= 11 is 6.10. The quantitative estimate of drug-likeness (QED) is 0.900. The molecule has 3 nitrogen and oxygen atoms in total. The van der Waals surface area contributed by atoms with Crippen molar-refractivity contribution in [3.8, 4) is 0 Å². The van der Waals surface area contributed by atoms with Gasteiger partial charge in [-0.2, -0.15) is 0 Å². The highest BCUT2D eigenvalue weighted by molar-refractivity contribution is 6.31. The molecular weight excluding hydrogens is 238 g/mol. The van der Waals surface area contributed by atoms with E-state index in [1.807, 2.05) is 25.2 Å². The average Bonchev–Trinajstić information content (AvgIpc) is 2.68. The van der Waals surface area contributed by atoms with Crippen molar-refractivity contribution >= 4 is 17.6 Å². The van der Waals surface area contributed by atoms with Crippen molar-refractivity contribution in [2.24, 2.45) is 5.92 Å². The van der Waals surface area contributed by atoms with Crippen molar-refractivity contribution in [3.63, 3.8) is 0 Å². The van der Waals surface area contributed by atoms with Crippen LogP contribution in [0.5, 0.6) is 0 Å². The van der Waals surface area contributed by atoms with Gasteiger partial charge in [0, 0.05) is 11.6 Å². The van der Waals surface area contributed by atoms with Gasteiger partial charge in [0.05, 0.1) is 5.92 Å². The van der Waals surface area contributed by atoms with Crippen LogP contribution < -0.4 is 0 Å². The van der Waals surface area contributed by atoms with Crippen LogP contribution in [0, 0.1) is 5.92 Å². The van der Waals surface area contributed by atoms with Gasteiger partial charge in [0.2, 0.25) is 0 Å². The van der Waals surface area contributed by atoms with Crippen molar-refractivity contribution in [2.45, 2.75) is 12.3 Å². The van der Waals surface area contributed by atoms with E-state index in [-0.39, 0.29) is 5.92 Å². The molecule has 2 unspecified atom stereocenters. The average molecular weight is 254 g/mol. The Balaban J connectivity index is 2.30. The monoisotopic (exact) mass is 253 g/mol. The van der Waals surface area contributed by atoms with Gasteiger partial charge < -0.3 is 10.0 Å². The molecular formula is C13H16ClNO2. The second kappa shape index (κ2) is 5.07. The van der Waals surface area contributed by atoms with E-state index in [0.29, 0.717) is 5.02 Å². The van der Waals surface area contributed by atoms with E-state index in [9.17, 15) is 9.90 Å². The van der Waals surface area contributed by atoms with Gasteiger partial charge in [-0.05, 0) is 37.6 Å². The highest BCUT2D eigenvalue weighted by Crippen LogP contribution is 2.35. The van der Waals surface area contributed by atoms with E-state index < -0.39 is 11.9 Å². The SMILES string of the molecule is CN1CCC(C(C(=O)O)c2ccccc2Cl)C1. The molecule has 0 spiro atoms. The molecule has 92 valence electrons. The van der Waals surface area contributed by atoms with Gasteiger partial charge in [-0.15, -0.1) is 0 Å². The zero-order chi connectivity index (χ0) is 12.4. The van der Waals surface area contributed by atoms with E-state index >= 15 is 0 Å². The van der Waals surface area contributed by atoms with Crippen LogP contribution in [0.4, 0.5) is 0 Å². The number of likely N-dealkylation sites (tertiary alicyclic amines) is 1. The topological polar surface area (TPSA) is 40.5 Å². The molecule has 1 aliphatic rings. The van der Waals surface area contributed by atoms with E-state index in [1.54, 1.807) is 6.07 Å². The van der Waals surface area contributed by atoms with Crippen LogP contribution in [-0.4, -0.2) is 36.1 Å². The molecule has 1 aromatic carbocycles. The molecule has 1 aliphatic heterocycles. The molecule has 0 saturated carbocycles. The van der Waals surface area contributed by atoms with Gasteiger partial charge in [0.15, 0.2) is 0 Å². The second-order valence-electron chi connectivity index (χ2n) is 4.65.